The average Bonchev–Trinajstić information content (AvgIpc) is 2.49. The number of hydrogen-bond acceptors (Lipinski definition) is 3. The second kappa shape index (κ2) is 2.61. The molecule has 13 heavy (non-hydrogen) atoms. The zero-order chi connectivity index (χ0) is 9.26. The lowest BCUT2D eigenvalue weighted by Gasteiger charge is -1.76. The fourth-order valence-corrected chi connectivity index (χ4v) is 0.961. The van der Waals surface area contributed by atoms with Gasteiger partial charge >= 0.3 is 5.56 Å². The van der Waals surface area contributed by atoms with Crippen molar-refractivity contribution in [2.75, 3.05) is 0 Å². The highest BCUT2D eigenvalue weighted by Crippen LogP contribution is 2.07. The van der Waals surface area contributed by atoms with E-state index in [9.17, 15) is 4.79 Å². The number of nitrogens with zero attached hydrogens (tertiary/aromatic N) is 4. The van der Waals surface area contributed by atoms with Gasteiger partial charge in [-0.15, -0.1) is 0 Å². The van der Waals surface area contributed by atoms with Crippen LogP contribution in [0.4, 0.5) is 5.95 Å². The van der Waals surface area contributed by atoms with Crippen molar-refractivity contribution in [3.8, 4) is 0 Å². The highest BCUT2D eigenvalue weighted by atomic mass is 16.1. The molecule has 0 spiro atoms. The van der Waals surface area contributed by atoms with Gasteiger partial charge in [0.25, 0.3) is 11.6 Å². The van der Waals surface area contributed by atoms with Crippen LogP contribution in [0.2, 0.25) is 0 Å². The molecular weight excluding hydrogens is 174 g/mol. The number of H-pyrrole nitrogens is 3. The third-order valence-electron chi connectivity index (χ3n) is 1.47. The van der Waals surface area contributed by atoms with Crippen LogP contribution in [-0.2, 0) is 0 Å². The van der Waals surface area contributed by atoms with Gasteiger partial charge in [0.05, 0.1) is 0 Å². The zero-order valence-electron chi connectivity index (χ0n) is 6.27. The van der Waals surface area contributed by atoms with Gasteiger partial charge in [-0.2, -0.15) is 0 Å². The molecule has 3 N–H and O–H groups in total. The fourth-order valence-electron chi connectivity index (χ4n) is 0.961. The molecule has 2 aromatic heterocycles. The van der Waals surface area contributed by atoms with Gasteiger partial charge in [0.2, 0.25) is 5.52 Å². The molecule has 0 aliphatic heterocycles. The molecule has 0 saturated carbocycles. The van der Waals surface area contributed by atoms with Crippen LogP contribution < -0.4 is 10.5 Å². The van der Waals surface area contributed by atoms with Crippen LogP contribution in [0.3, 0.4) is 0 Å². The molecule has 8 heteroatoms. The quantitative estimate of drug-likeness (QED) is 0.362. The van der Waals surface area contributed by atoms with E-state index in [4.69, 9.17) is 5.53 Å². The molecule has 0 fully saturated rings. The van der Waals surface area contributed by atoms with Gasteiger partial charge in [-0.1, -0.05) is 4.98 Å². The summed E-state index contributed by atoms with van der Waals surface area (Å²) in [5, 5.41) is 3.23. The third-order valence-corrected chi connectivity index (χ3v) is 1.47. The SMILES string of the molecule is [N-]=[N+]=Nc1nc2[nH+]c[nH]c(=O)c2[nH]1. The molecule has 8 nitrogen and oxygen atoms in total. The van der Waals surface area contributed by atoms with Crippen LogP contribution >= 0.6 is 0 Å². The summed E-state index contributed by atoms with van der Waals surface area (Å²) in [4.78, 5) is 25.1. The Bertz CT molecular complexity index is 545. The molecule has 2 heterocycles. The summed E-state index contributed by atoms with van der Waals surface area (Å²) in [5.74, 6) is 0.0606. The molecule has 0 aliphatic carbocycles. The fraction of sp³-hybridized carbons (Fsp3) is 0. The van der Waals surface area contributed by atoms with E-state index in [1.54, 1.807) is 0 Å². The Morgan fingerprint density at radius 1 is 1.69 bits per heavy atom. The number of hydrogen-bond donors (Lipinski definition) is 2. The Morgan fingerprint density at radius 2 is 2.54 bits per heavy atom. The van der Waals surface area contributed by atoms with Crippen molar-refractivity contribution in [1.82, 2.24) is 15.0 Å². The van der Waals surface area contributed by atoms with Crippen molar-refractivity contribution in [2.24, 2.45) is 5.11 Å². The van der Waals surface area contributed by atoms with Crippen LogP contribution in [0.1, 0.15) is 0 Å². The van der Waals surface area contributed by atoms with E-state index in [0.29, 0.717) is 5.65 Å². The Kier molecular flexibility index (Phi) is 1.47. The predicted octanol–water partition coefficient (Wildman–Crippen LogP) is 0.00710. The summed E-state index contributed by atoms with van der Waals surface area (Å²) in [7, 11) is 0. The number of rotatable bonds is 1. The van der Waals surface area contributed by atoms with E-state index in [-0.39, 0.29) is 17.0 Å². The van der Waals surface area contributed by atoms with Crippen molar-refractivity contribution in [1.29, 1.82) is 0 Å². The molecule has 0 bridgehead atoms. The minimum Gasteiger partial charge on any atom is -0.313 e. The van der Waals surface area contributed by atoms with Gasteiger partial charge in [0, 0.05) is 4.91 Å². The first-order chi connectivity index (χ1) is 6.31. The molecule has 2 aromatic rings. The molecule has 64 valence electrons. The first kappa shape index (κ1) is 7.32. The Balaban J connectivity index is 2.82. The summed E-state index contributed by atoms with van der Waals surface area (Å²) >= 11 is 0. The van der Waals surface area contributed by atoms with Gasteiger partial charge in [-0.05, 0) is 10.6 Å². The molecule has 0 amide bonds. The minimum absolute atomic E-state index is 0.0606. The second-order valence-electron chi connectivity index (χ2n) is 2.24. The van der Waals surface area contributed by atoms with Gasteiger partial charge in [0.1, 0.15) is 0 Å². The minimum atomic E-state index is -0.319. The molecule has 0 atom stereocenters. The lowest BCUT2D eigenvalue weighted by molar-refractivity contribution is -0.352. The predicted molar refractivity (Wildman–Crippen MR) is 42.1 cm³/mol. The van der Waals surface area contributed by atoms with Crippen LogP contribution in [-0.4, -0.2) is 15.0 Å². The number of nitrogens with one attached hydrogen (secondary N) is 3. The molecular formula is C5H4N7O+. The second-order valence-corrected chi connectivity index (χ2v) is 2.24. The maximum atomic E-state index is 11.1. The molecule has 0 unspecified atom stereocenters. The Hall–Kier alpha value is -2.34. The number of aromatic amines is 3. The lowest BCUT2D eigenvalue weighted by atomic mass is 10.6. The van der Waals surface area contributed by atoms with Crippen molar-refractivity contribution >= 4 is 17.1 Å². The number of imidazole rings is 1. The maximum absolute atomic E-state index is 11.1. The standard InChI is InChI=1S/C5H3N7O/c6-12-11-5-9-2-3(10-5)7-1-8-4(2)13/h1H,(H2,7,8,9,10,13)/p+1. The molecule has 0 radical (unpaired) electrons. The normalized spacial score (nSPS) is 9.85. The van der Waals surface area contributed by atoms with Crippen LogP contribution in [0, 0.1) is 0 Å². The van der Waals surface area contributed by atoms with Crippen molar-refractivity contribution in [3.63, 3.8) is 0 Å². The van der Waals surface area contributed by atoms with E-state index in [2.05, 4.69) is 30.0 Å². The summed E-state index contributed by atoms with van der Waals surface area (Å²) < 4.78 is 0. The summed E-state index contributed by atoms with van der Waals surface area (Å²) in [6.45, 7) is 0. The average molecular weight is 178 g/mol. The highest BCUT2D eigenvalue weighted by Gasteiger charge is 2.10. The molecule has 0 aliphatic rings. The monoisotopic (exact) mass is 178 g/mol. The topological polar surface area (TPSA) is 124 Å². The zero-order valence-corrected chi connectivity index (χ0v) is 6.27. The van der Waals surface area contributed by atoms with Gasteiger partial charge in [-0.3, -0.25) is 0 Å². The lowest BCUT2D eigenvalue weighted by Crippen LogP contribution is -2.15. The summed E-state index contributed by atoms with van der Waals surface area (Å²) in [6, 6.07) is 0. The van der Waals surface area contributed by atoms with Crippen LogP contribution in [0.25, 0.3) is 21.6 Å². The Morgan fingerprint density at radius 3 is 3.23 bits per heavy atom. The van der Waals surface area contributed by atoms with Crippen molar-refractivity contribution in [3.05, 3.63) is 27.1 Å². The first-order valence-electron chi connectivity index (χ1n) is 3.35. The van der Waals surface area contributed by atoms with Crippen molar-refractivity contribution in [2.45, 2.75) is 0 Å². The molecule has 2 rings (SSSR count). The van der Waals surface area contributed by atoms with Gasteiger partial charge in [-0.25, -0.2) is 14.8 Å². The molecule has 0 saturated heterocycles. The largest absolute Gasteiger partial charge is 0.334 e. The maximum Gasteiger partial charge on any atom is 0.334 e. The van der Waals surface area contributed by atoms with Crippen LogP contribution in [0.15, 0.2) is 16.2 Å². The Labute approximate surface area is 70.3 Å². The molecule has 0 aromatic carbocycles. The van der Waals surface area contributed by atoms with Crippen LogP contribution in [0.5, 0.6) is 0 Å². The number of azide groups is 1. The summed E-state index contributed by atoms with van der Waals surface area (Å²) in [5.41, 5.74) is 8.40. The third kappa shape index (κ3) is 1.10. The van der Waals surface area contributed by atoms with E-state index in [1.165, 1.54) is 6.33 Å². The van der Waals surface area contributed by atoms with Gasteiger partial charge < -0.3 is 4.98 Å². The number of fused-ring (bicyclic) bond motifs is 1. The summed E-state index contributed by atoms with van der Waals surface area (Å²) in [6.07, 6.45) is 1.35. The number of aromatic nitrogens is 4. The highest BCUT2D eigenvalue weighted by molar-refractivity contribution is 5.67. The van der Waals surface area contributed by atoms with E-state index >= 15 is 0 Å². The van der Waals surface area contributed by atoms with Crippen molar-refractivity contribution < 1.29 is 4.98 Å². The van der Waals surface area contributed by atoms with E-state index in [0.717, 1.165) is 0 Å². The van der Waals surface area contributed by atoms with E-state index < -0.39 is 0 Å². The smallest absolute Gasteiger partial charge is 0.313 e. The first-order valence-corrected chi connectivity index (χ1v) is 3.35. The van der Waals surface area contributed by atoms with Gasteiger partial charge in [0.15, 0.2) is 6.33 Å². The van der Waals surface area contributed by atoms with E-state index in [1.807, 2.05) is 0 Å².